The molecule has 1 heterocycles. The van der Waals surface area contributed by atoms with Crippen molar-refractivity contribution in [2.45, 2.75) is 6.42 Å². The van der Waals surface area contributed by atoms with Crippen molar-refractivity contribution < 1.29 is 9.21 Å². The van der Waals surface area contributed by atoms with Crippen molar-refractivity contribution in [1.82, 2.24) is 4.90 Å². The molecule has 0 saturated heterocycles. The van der Waals surface area contributed by atoms with Gasteiger partial charge in [0.2, 0.25) is 0 Å². The van der Waals surface area contributed by atoms with E-state index in [4.69, 9.17) is 4.42 Å². The summed E-state index contributed by atoms with van der Waals surface area (Å²) in [4.78, 5) is 13.5. The van der Waals surface area contributed by atoms with E-state index in [0.29, 0.717) is 13.0 Å². The summed E-state index contributed by atoms with van der Waals surface area (Å²) in [6.45, 7) is 0.617. The largest absolute Gasteiger partial charge is 0.469 e. The number of urea groups is 1. The van der Waals surface area contributed by atoms with Gasteiger partial charge in [-0.25, -0.2) is 4.79 Å². The number of carbonyl (C=O) groups excluding carboxylic acids is 1. The molecule has 0 aliphatic rings. The van der Waals surface area contributed by atoms with Crippen LogP contribution in [-0.2, 0) is 6.42 Å². The molecular formula is C14H16N2O2. The van der Waals surface area contributed by atoms with Gasteiger partial charge in [-0.1, -0.05) is 18.2 Å². The molecule has 0 bridgehead atoms. The number of benzene rings is 1. The molecule has 94 valence electrons. The lowest BCUT2D eigenvalue weighted by Gasteiger charge is -2.17. The lowest BCUT2D eigenvalue weighted by Crippen LogP contribution is -2.32. The molecule has 0 radical (unpaired) electrons. The number of nitrogens with one attached hydrogen (secondary N) is 1. The van der Waals surface area contributed by atoms with Crippen LogP contribution in [0.1, 0.15) is 5.76 Å². The fraction of sp³-hybridized carbons (Fsp3) is 0.214. The van der Waals surface area contributed by atoms with Crippen molar-refractivity contribution >= 4 is 11.7 Å². The second-order valence-electron chi connectivity index (χ2n) is 4.05. The standard InChI is InChI=1S/C14H16N2O2/c1-16(10-9-13-8-5-11-18-13)14(17)15-12-6-3-2-4-7-12/h2-8,11H,9-10H2,1H3,(H,15,17). The van der Waals surface area contributed by atoms with Crippen LogP contribution in [0.2, 0.25) is 0 Å². The number of nitrogens with zero attached hydrogens (tertiary/aromatic N) is 1. The molecule has 18 heavy (non-hydrogen) atoms. The minimum absolute atomic E-state index is 0.118. The molecule has 0 atom stereocenters. The van der Waals surface area contributed by atoms with E-state index in [2.05, 4.69) is 5.32 Å². The molecule has 0 saturated carbocycles. The highest BCUT2D eigenvalue weighted by Gasteiger charge is 2.08. The minimum atomic E-state index is -0.118. The molecule has 1 aromatic carbocycles. The molecule has 1 N–H and O–H groups in total. The molecule has 2 aromatic rings. The normalized spacial score (nSPS) is 10.1. The molecule has 0 unspecified atom stereocenters. The first kappa shape index (κ1) is 12.2. The highest BCUT2D eigenvalue weighted by Crippen LogP contribution is 2.07. The van der Waals surface area contributed by atoms with Gasteiger partial charge in [-0.2, -0.15) is 0 Å². The van der Waals surface area contributed by atoms with Crippen LogP contribution < -0.4 is 5.32 Å². The lowest BCUT2D eigenvalue weighted by atomic mass is 10.3. The average molecular weight is 244 g/mol. The van der Waals surface area contributed by atoms with Gasteiger partial charge in [0, 0.05) is 25.7 Å². The van der Waals surface area contributed by atoms with Gasteiger partial charge in [-0.3, -0.25) is 0 Å². The molecule has 4 heteroatoms. The zero-order chi connectivity index (χ0) is 12.8. The second-order valence-corrected chi connectivity index (χ2v) is 4.05. The summed E-state index contributed by atoms with van der Waals surface area (Å²) >= 11 is 0. The van der Waals surface area contributed by atoms with E-state index in [-0.39, 0.29) is 6.03 Å². The first-order valence-electron chi connectivity index (χ1n) is 5.85. The Kier molecular flexibility index (Phi) is 4.02. The molecule has 4 nitrogen and oxygen atoms in total. The van der Waals surface area contributed by atoms with Gasteiger partial charge in [-0.05, 0) is 24.3 Å². The van der Waals surface area contributed by atoms with Crippen LogP contribution in [0.15, 0.2) is 53.1 Å². The third-order valence-corrected chi connectivity index (χ3v) is 2.65. The maximum Gasteiger partial charge on any atom is 0.321 e. The number of rotatable bonds is 4. The van der Waals surface area contributed by atoms with E-state index in [0.717, 1.165) is 11.4 Å². The summed E-state index contributed by atoms with van der Waals surface area (Å²) < 4.78 is 5.22. The number of hydrogen-bond donors (Lipinski definition) is 1. The maximum atomic E-state index is 11.9. The van der Waals surface area contributed by atoms with Crippen LogP contribution in [0.25, 0.3) is 0 Å². The summed E-state index contributed by atoms with van der Waals surface area (Å²) in [5.74, 6) is 0.884. The lowest BCUT2D eigenvalue weighted by molar-refractivity contribution is 0.222. The topological polar surface area (TPSA) is 45.5 Å². The number of para-hydroxylation sites is 1. The average Bonchev–Trinajstić information content (AvgIpc) is 2.90. The third-order valence-electron chi connectivity index (χ3n) is 2.65. The Balaban J connectivity index is 1.82. The molecule has 0 spiro atoms. The van der Waals surface area contributed by atoms with Crippen LogP contribution in [0.4, 0.5) is 10.5 Å². The number of furan rings is 1. The van der Waals surface area contributed by atoms with Crippen molar-refractivity contribution in [1.29, 1.82) is 0 Å². The van der Waals surface area contributed by atoms with E-state index in [1.54, 1.807) is 18.2 Å². The first-order valence-corrected chi connectivity index (χ1v) is 5.85. The number of likely N-dealkylation sites (N-methyl/N-ethyl adjacent to an activating group) is 1. The van der Waals surface area contributed by atoms with Crippen molar-refractivity contribution in [3.05, 3.63) is 54.5 Å². The fourth-order valence-corrected chi connectivity index (χ4v) is 1.57. The first-order chi connectivity index (χ1) is 8.75. The SMILES string of the molecule is CN(CCc1ccco1)C(=O)Nc1ccccc1. The van der Waals surface area contributed by atoms with Crippen LogP contribution >= 0.6 is 0 Å². The third kappa shape index (κ3) is 3.38. The smallest absolute Gasteiger partial charge is 0.321 e. The Hall–Kier alpha value is -2.23. The molecule has 0 aliphatic carbocycles. The quantitative estimate of drug-likeness (QED) is 0.898. The summed E-state index contributed by atoms with van der Waals surface area (Å²) in [7, 11) is 1.77. The summed E-state index contributed by atoms with van der Waals surface area (Å²) in [5.41, 5.74) is 0.798. The van der Waals surface area contributed by atoms with Gasteiger partial charge in [0.25, 0.3) is 0 Å². The Bertz CT molecular complexity index is 480. The Morgan fingerprint density at radius 3 is 2.67 bits per heavy atom. The highest BCUT2D eigenvalue weighted by molar-refractivity contribution is 5.89. The number of hydrogen-bond acceptors (Lipinski definition) is 2. The van der Waals surface area contributed by atoms with Crippen LogP contribution in [0.5, 0.6) is 0 Å². The van der Waals surface area contributed by atoms with E-state index in [1.165, 1.54) is 0 Å². The van der Waals surface area contributed by atoms with Crippen LogP contribution in [0.3, 0.4) is 0 Å². The summed E-state index contributed by atoms with van der Waals surface area (Å²) in [6, 6.07) is 13.0. The summed E-state index contributed by atoms with van der Waals surface area (Å²) in [5, 5.41) is 2.83. The fourth-order valence-electron chi connectivity index (χ4n) is 1.57. The van der Waals surface area contributed by atoms with E-state index < -0.39 is 0 Å². The Morgan fingerprint density at radius 2 is 2.00 bits per heavy atom. The van der Waals surface area contributed by atoms with Crippen molar-refractivity contribution in [3.8, 4) is 0 Å². The predicted molar refractivity (Wildman–Crippen MR) is 70.5 cm³/mol. The van der Waals surface area contributed by atoms with Gasteiger partial charge < -0.3 is 14.6 Å². The maximum absolute atomic E-state index is 11.9. The van der Waals surface area contributed by atoms with Crippen molar-refractivity contribution in [2.24, 2.45) is 0 Å². The van der Waals surface area contributed by atoms with E-state index >= 15 is 0 Å². The van der Waals surface area contributed by atoms with Crippen molar-refractivity contribution in [2.75, 3.05) is 18.9 Å². The number of carbonyl (C=O) groups is 1. The number of amides is 2. The Morgan fingerprint density at radius 1 is 1.22 bits per heavy atom. The van der Waals surface area contributed by atoms with Crippen molar-refractivity contribution in [3.63, 3.8) is 0 Å². The molecule has 0 fully saturated rings. The van der Waals surface area contributed by atoms with E-state index in [9.17, 15) is 4.79 Å². The molecule has 2 amide bonds. The zero-order valence-corrected chi connectivity index (χ0v) is 10.3. The van der Waals surface area contributed by atoms with Gasteiger partial charge >= 0.3 is 6.03 Å². The Labute approximate surface area is 106 Å². The van der Waals surface area contributed by atoms with E-state index in [1.807, 2.05) is 42.5 Å². The molecule has 0 aliphatic heterocycles. The predicted octanol–water partition coefficient (Wildman–Crippen LogP) is 2.99. The minimum Gasteiger partial charge on any atom is -0.469 e. The molecule has 1 aromatic heterocycles. The second kappa shape index (κ2) is 5.91. The van der Waals surface area contributed by atoms with Gasteiger partial charge in [-0.15, -0.1) is 0 Å². The van der Waals surface area contributed by atoms with Gasteiger partial charge in [0.05, 0.1) is 6.26 Å². The monoisotopic (exact) mass is 244 g/mol. The summed E-state index contributed by atoms with van der Waals surface area (Å²) in [6.07, 6.45) is 2.35. The van der Waals surface area contributed by atoms with Gasteiger partial charge in [0.15, 0.2) is 0 Å². The zero-order valence-electron chi connectivity index (χ0n) is 10.3. The van der Waals surface area contributed by atoms with Gasteiger partial charge in [0.1, 0.15) is 5.76 Å². The highest BCUT2D eigenvalue weighted by atomic mass is 16.3. The number of anilines is 1. The van der Waals surface area contributed by atoms with Crippen LogP contribution in [-0.4, -0.2) is 24.5 Å². The molecular weight excluding hydrogens is 228 g/mol. The van der Waals surface area contributed by atoms with Crippen LogP contribution in [0, 0.1) is 0 Å². The molecule has 2 rings (SSSR count).